The molecule has 0 radical (unpaired) electrons. The molecule has 1 heterocycles. The third kappa shape index (κ3) is 3.70. The fraction of sp³-hybridized carbons (Fsp3) is 0.455. The molecule has 0 fully saturated rings. The number of aromatic nitrogens is 1. The van der Waals surface area contributed by atoms with Gasteiger partial charge in [0.1, 0.15) is 0 Å². The van der Waals surface area contributed by atoms with Crippen LogP contribution in [-0.4, -0.2) is 22.8 Å². The fourth-order valence-electron chi connectivity index (χ4n) is 1.08. The van der Waals surface area contributed by atoms with Crippen LogP contribution in [0.5, 0.6) is 0 Å². The first-order valence-corrected chi connectivity index (χ1v) is 5.55. The van der Waals surface area contributed by atoms with E-state index in [0.29, 0.717) is 18.0 Å². The van der Waals surface area contributed by atoms with Crippen molar-refractivity contribution < 1.29 is 4.79 Å². The van der Waals surface area contributed by atoms with Crippen molar-refractivity contribution in [2.75, 3.05) is 6.54 Å². The summed E-state index contributed by atoms with van der Waals surface area (Å²) in [6.45, 7) is 4.39. The first-order valence-electron chi connectivity index (χ1n) is 5.11. The molecule has 5 heteroatoms. The zero-order valence-electron chi connectivity index (χ0n) is 9.29. The van der Waals surface area contributed by atoms with Gasteiger partial charge in [0.25, 0.3) is 5.91 Å². The standard InChI is InChI=1S/C11H15ClN2O2/c1-7(2)9(12)6-14-11(16)8-3-4-10(15)13-5-8/h3-5,7,9H,6H2,1-2H3,(H,13,15)(H,14,16). The van der Waals surface area contributed by atoms with Gasteiger partial charge in [-0.2, -0.15) is 0 Å². The normalized spacial score (nSPS) is 12.5. The van der Waals surface area contributed by atoms with Gasteiger partial charge in [0.2, 0.25) is 5.56 Å². The average Bonchev–Trinajstić information content (AvgIpc) is 2.26. The Morgan fingerprint density at radius 1 is 1.50 bits per heavy atom. The van der Waals surface area contributed by atoms with Gasteiger partial charge in [0.05, 0.1) is 10.9 Å². The molecule has 1 amide bonds. The molecule has 1 unspecified atom stereocenters. The molecular formula is C11H15ClN2O2. The van der Waals surface area contributed by atoms with E-state index in [4.69, 9.17) is 11.6 Å². The Kier molecular flexibility index (Phi) is 4.55. The van der Waals surface area contributed by atoms with E-state index in [1.165, 1.54) is 18.3 Å². The van der Waals surface area contributed by atoms with Crippen LogP contribution in [0.2, 0.25) is 0 Å². The molecule has 1 aromatic rings. The lowest BCUT2D eigenvalue weighted by Crippen LogP contribution is -2.32. The SMILES string of the molecule is CC(C)C(Cl)CNC(=O)c1ccc(=O)[nH]c1. The number of hydrogen-bond acceptors (Lipinski definition) is 2. The van der Waals surface area contributed by atoms with Gasteiger partial charge in [-0.15, -0.1) is 11.6 Å². The van der Waals surface area contributed by atoms with Crippen LogP contribution in [0.4, 0.5) is 0 Å². The molecule has 16 heavy (non-hydrogen) atoms. The lowest BCUT2D eigenvalue weighted by molar-refractivity contribution is 0.0952. The number of carbonyl (C=O) groups excluding carboxylic acids is 1. The number of aromatic amines is 1. The summed E-state index contributed by atoms with van der Waals surface area (Å²) in [7, 11) is 0. The van der Waals surface area contributed by atoms with Gasteiger partial charge >= 0.3 is 0 Å². The van der Waals surface area contributed by atoms with Gasteiger partial charge in [0.15, 0.2) is 0 Å². The summed E-state index contributed by atoms with van der Waals surface area (Å²) in [5.74, 6) is 0.0695. The van der Waals surface area contributed by atoms with Gasteiger partial charge in [-0.25, -0.2) is 0 Å². The van der Waals surface area contributed by atoms with Gasteiger partial charge in [-0.3, -0.25) is 9.59 Å². The number of nitrogens with one attached hydrogen (secondary N) is 2. The molecule has 4 nitrogen and oxygen atoms in total. The van der Waals surface area contributed by atoms with Gasteiger partial charge in [-0.05, 0) is 12.0 Å². The second-order valence-electron chi connectivity index (χ2n) is 3.91. The van der Waals surface area contributed by atoms with Crippen LogP contribution >= 0.6 is 11.6 Å². The number of halogens is 1. The molecule has 0 aliphatic rings. The zero-order valence-corrected chi connectivity index (χ0v) is 10.0. The molecule has 1 rings (SSSR count). The number of amides is 1. The number of H-pyrrole nitrogens is 1. The number of alkyl halides is 1. The van der Waals surface area contributed by atoms with Crippen molar-refractivity contribution in [3.63, 3.8) is 0 Å². The predicted octanol–water partition coefficient (Wildman–Crippen LogP) is 1.37. The first-order chi connectivity index (χ1) is 7.50. The molecular weight excluding hydrogens is 228 g/mol. The zero-order chi connectivity index (χ0) is 12.1. The van der Waals surface area contributed by atoms with E-state index in [9.17, 15) is 9.59 Å². The Hall–Kier alpha value is -1.29. The minimum Gasteiger partial charge on any atom is -0.350 e. The molecule has 2 N–H and O–H groups in total. The summed E-state index contributed by atoms with van der Waals surface area (Å²) in [5.41, 5.74) is 0.196. The van der Waals surface area contributed by atoms with E-state index in [-0.39, 0.29) is 16.8 Å². The van der Waals surface area contributed by atoms with Crippen molar-refractivity contribution in [2.24, 2.45) is 5.92 Å². The van der Waals surface area contributed by atoms with E-state index in [2.05, 4.69) is 10.3 Å². The summed E-state index contributed by atoms with van der Waals surface area (Å²) in [6, 6.07) is 2.79. The molecule has 0 saturated carbocycles. The smallest absolute Gasteiger partial charge is 0.252 e. The maximum absolute atomic E-state index is 11.6. The maximum atomic E-state index is 11.6. The Morgan fingerprint density at radius 2 is 2.19 bits per heavy atom. The Labute approximate surface area is 99.0 Å². The van der Waals surface area contributed by atoms with E-state index in [1.54, 1.807) is 0 Å². The molecule has 0 spiro atoms. The molecule has 0 aromatic carbocycles. The molecule has 0 saturated heterocycles. The summed E-state index contributed by atoms with van der Waals surface area (Å²) in [6.07, 6.45) is 1.39. The highest BCUT2D eigenvalue weighted by Crippen LogP contribution is 2.07. The van der Waals surface area contributed by atoms with Crippen molar-refractivity contribution >= 4 is 17.5 Å². The number of rotatable bonds is 4. The molecule has 0 bridgehead atoms. The highest BCUT2D eigenvalue weighted by atomic mass is 35.5. The van der Waals surface area contributed by atoms with Gasteiger partial charge < -0.3 is 10.3 Å². The monoisotopic (exact) mass is 242 g/mol. The quantitative estimate of drug-likeness (QED) is 0.784. The minimum atomic E-state index is -0.234. The molecule has 0 aliphatic carbocycles. The predicted molar refractivity (Wildman–Crippen MR) is 63.9 cm³/mol. The summed E-state index contributed by atoms with van der Waals surface area (Å²) < 4.78 is 0. The van der Waals surface area contributed by atoms with Crippen molar-refractivity contribution in [3.8, 4) is 0 Å². The Morgan fingerprint density at radius 3 is 2.69 bits per heavy atom. The fourth-order valence-corrected chi connectivity index (χ4v) is 1.16. The third-order valence-electron chi connectivity index (χ3n) is 2.23. The second-order valence-corrected chi connectivity index (χ2v) is 4.47. The summed E-state index contributed by atoms with van der Waals surface area (Å²) in [4.78, 5) is 24.8. The van der Waals surface area contributed by atoms with Crippen LogP contribution < -0.4 is 10.9 Å². The number of pyridine rings is 1. The molecule has 88 valence electrons. The van der Waals surface area contributed by atoms with Crippen molar-refractivity contribution in [3.05, 3.63) is 34.2 Å². The number of carbonyl (C=O) groups is 1. The lowest BCUT2D eigenvalue weighted by Gasteiger charge is -2.13. The first kappa shape index (κ1) is 12.8. The third-order valence-corrected chi connectivity index (χ3v) is 2.89. The highest BCUT2D eigenvalue weighted by Gasteiger charge is 2.11. The van der Waals surface area contributed by atoms with Crippen LogP contribution in [0.1, 0.15) is 24.2 Å². The number of hydrogen-bond donors (Lipinski definition) is 2. The van der Waals surface area contributed by atoms with Crippen molar-refractivity contribution in [1.82, 2.24) is 10.3 Å². The summed E-state index contributed by atoms with van der Waals surface area (Å²) in [5, 5.41) is 2.62. The molecule has 1 atom stereocenters. The van der Waals surface area contributed by atoms with E-state index >= 15 is 0 Å². The van der Waals surface area contributed by atoms with Crippen LogP contribution in [0.25, 0.3) is 0 Å². The Balaban J connectivity index is 2.53. The lowest BCUT2D eigenvalue weighted by atomic mass is 10.1. The van der Waals surface area contributed by atoms with Crippen LogP contribution in [0.3, 0.4) is 0 Å². The van der Waals surface area contributed by atoms with Crippen LogP contribution in [-0.2, 0) is 0 Å². The van der Waals surface area contributed by atoms with E-state index < -0.39 is 0 Å². The van der Waals surface area contributed by atoms with E-state index in [1.807, 2.05) is 13.8 Å². The average molecular weight is 243 g/mol. The molecule has 0 aliphatic heterocycles. The van der Waals surface area contributed by atoms with Gasteiger partial charge in [0, 0.05) is 18.8 Å². The largest absolute Gasteiger partial charge is 0.350 e. The maximum Gasteiger partial charge on any atom is 0.252 e. The van der Waals surface area contributed by atoms with Gasteiger partial charge in [-0.1, -0.05) is 13.8 Å². The highest BCUT2D eigenvalue weighted by molar-refractivity contribution is 6.21. The topological polar surface area (TPSA) is 62.0 Å². The van der Waals surface area contributed by atoms with E-state index in [0.717, 1.165) is 0 Å². The second kappa shape index (κ2) is 5.70. The van der Waals surface area contributed by atoms with Crippen molar-refractivity contribution in [1.29, 1.82) is 0 Å². The minimum absolute atomic E-state index is 0.0910. The summed E-state index contributed by atoms with van der Waals surface area (Å²) >= 11 is 6.00. The van der Waals surface area contributed by atoms with Crippen LogP contribution in [0, 0.1) is 5.92 Å². The molecule has 1 aromatic heterocycles. The Bertz CT molecular complexity index is 394. The van der Waals surface area contributed by atoms with Crippen LogP contribution in [0.15, 0.2) is 23.1 Å². The van der Waals surface area contributed by atoms with Crippen molar-refractivity contribution in [2.45, 2.75) is 19.2 Å².